The molecule has 0 unspecified atom stereocenters. The molecule has 8 heteroatoms. The average molecular weight is 313 g/mol. The van der Waals surface area contributed by atoms with E-state index in [2.05, 4.69) is 25.8 Å². The van der Waals surface area contributed by atoms with Crippen molar-refractivity contribution in [1.82, 2.24) is 15.1 Å². The number of hydrogen-bond donors (Lipinski definition) is 2. The predicted molar refractivity (Wildman–Crippen MR) is 82.0 cm³/mol. The third-order valence-corrected chi connectivity index (χ3v) is 2.96. The van der Waals surface area contributed by atoms with Crippen molar-refractivity contribution < 1.29 is 13.7 Å². The fraction of sp³-hybridized carbons (Fsp3) is 0.200. The SMILES string of the molecule is Cc1cc(C(=O)Nc2cc(C)on2)nc(NCc2ccco2)n1. The van der Waals surface area contributed by atoms with Crippen LogP contribution in [0.5, 0.6) is 0 Å². The van der Waals surface area contributed by atoms with Gasteiger partial charge in [-0.25, -0.2) is 9.97 Å². The van der Waals surface area contributed by atoms with Crippen LogP contribution in [0, 0.1) is 13.8 Å². The van der Waals surface area contributed by atoms with E-state index < -0.39 is 0 Å². The van der Waals surface area contributed by atoms with Crippen molar-refractivity contribution in [3.63, 3.8) is 0 Å². The second kappa shape index (κ2) is 6.30. The number of aryl methyl sites for hydroxylation is 2. The van der Waals surface area contributed by atoms with Crippen LogP contribution in [0.25, 0.3) is 0 Å². The standard InChI is InChI=1S/C15H15N5O3/c1-9-6-12(14(21)19-13-7-10(2)23-20-13)18-15(17-9)16-8-11-4-3-5-22-11/h3-7H,8H2,1-2H3,(H,16,17,18)(H,19,20,21). The molecule has 0 saturated carbocycles. The molecular formula is C15H15N5O3. The minimum Gasteiger partial charge on any atom is -0.467 e. The normalized spacial score (nSPS) is 10.5. The van der Waals surface area contributed by atoms with Gasteiger partial charge in [-0.3, -0.25) is 4.79 Å². The maximum absolute atomic E-state index is 12.2. The summed E-state index contributed by atoms with van der Waals surface area (Å²) in [4.78, 5) is 20.7. The van der Waals surface area contributed by atoms with E-state index in [1.54, 1.807) is 38.3 Å². The summed E-state index contributed by atoms with van der Waals surface area (Å²) >= 11 is 0. The largest absolute Gasteiger partial charge is 0.467 e. The summed E-state index contributed by atoms with van der Waals surface area (Å²) in [5, 5.41) is 9.36. The fourth-order valence-electron chi connectivity index (χ4n) is 1.95. The molecule has 0 aliphatic carbocycles. The molecule has 0 radical (unpaired) electrons. The van der Waals surface area contributed by atoms with E-state index in [-0.39, 0.29) is 11.6 Å². The number of anilines is 2. The number of rotatable bonds is 5. The quantitative estimate of drug-likeness (QED) is 0.745. The van der Waals surface area contributed by atoms with Gasteiger partial charge in [0.05, 0.1) is 12.8 Å². The molecule has 0 atom stereocenters. The Bertz CT molecular complexity index is 810. The second-order valence-corrected chi connectivity index (χ2v) is 4.93. The van der Waals surface area contributed by atoms with Gasteiger partial charge in [-0.2, -0.15) is 0 Å². The lowest BCUT2D eigenvalue weighted by Crippen LogP contribution is -2.16. The van der Waals surface area contributed by atoms with Crippen LogP contribution in [0.1, 0.15) is 27.7 Å². The molecule has 0 aromatic carbocycles. The van der Waals surface area contributed by atoms with Crippen molar-refractivity contribution in [2.45, 2.75) is 20.4 Å². The van der Waals surface area contributed by atoms with Crippen molar-refractivity contribution in [1.29, 1.82) is 0 Å². The number of furan rings is 1. The molecule has 3 aromatic heterocycles. The molecule has 8 nitrogen and oxygen atoms in total. The van der Waals surface area contributed by atoms with Gasteiger partial charge in [0, 0.05) is 11.8 Å². The van der Waals surface area contributed by atoms with Crippen LogP contribution in [0.2, 0.25) is 0 Å². The lowest BCUT2D eigenvalue weighted by molar-refractivity contribution is 0.102. The van der Waals surface area contributed by atoms with Crippen molar-refractivity contribution in [2.75, 3.05) is 10.6 Å². The molecule has 3 rings (SSSR count). The van der Waals surface area contributed by atoms with Crippen molar-refractivity contribution in [3.8, 4) is 0 Å². The van der Waals surface area contributed by atoms with Gasteiger partial charge in [0.25, 0.3) is 5.91 Å². The zero-order chi connectivity index (χ0) is 16.2. The van der Waals surface area contributed by atoms with E-state index in [4.69, 9.17) is 8.94 Å². The average Bonchev–Trinajstić information content (AvgIpc) is 3.16. The summed E-state index contributed by atoms with van der Waals surface area (Å²) in [7, 11) is 0. The minimum atomic E-state index is -0.384. The number of nitrogens with zero attached hydrogens (tertiary/aromatic N) is 3. The Morgan fingerprint density at radius 3 is 2.83 bits per heavy atom. The molecule has 0 aliphatic rings. The van der Waals surface area contributed by atoms with Gasteiger partial charge in [-0.15, -0.1) is 0 Å². The van der Waals surface area contributed by atoms with Crippen molar-refractivity contribution in [2.24, 2.45) is 0 Å². The lowest BCUT2D eigenvalue weighted by Gasteiger charge is -2.07. The Balaban J connectivity index is 1.72. The third kappa shape index (κ3) is 3.73. The summed E-state index contributed by atoms with van der Waals surface area (Å²) < 4.78 is 10.1. The first kappa shape index (κ1) is 14.8. The van der Waals surface area contributed by atoms with Crippen LogP contribution < -0.4 is 10.6 Å². The summed E-state index contributed by atoms with van der Waals surface area (Å²) in [6, 6.07) is 6.86. The molecule has 0 bridgehead atoms. The van der Waals surface area contributed by atoms with Gasteiger partial charge in [-0.1, -0.05) is 5.16 Å². The van der Waals surface area contributed by atoms with Gasteiger partial charge < -0.3 is 19.6 Å². The molecular weight excluding hydrogens is 298 g/mol. The molecule has 3 aromatic rings. The van der Waals surface area contributed by atoms with E-state index in [1.165, 1.54) is 0 Å². The Kier molecular flexibility index (Phi) is 4.05. The van der Waals surface area contributed by atoms with Gasteiger partial charge in [0.1, 0.15) is 17.2 Å². The number of hydrogen-bond acceptors (Lipinski definition) is 7. The highest BCUT2D eigenvalue weighted by molar-refractivity contribution is 6.02. The molecule has 2 N–H and O–H groups in total. The number of nitrogens with one attached hydrogen (secondary N) is 2. The Hall–Kier alpha value is -3.16. The first-order valence-electron chi connectivity index (χ1n) is 6.97. The predicted octanol–water partition coefficient (Wildman–Crippen LogP) is 2.54. The van der Waals surface area contributed by atoms with E-state index >= 15 is 0 Å². The van der Waals surface area contributed by atoms with E-state index in [9.17, 15) is 4.79 Å². The molecule has 0 spiro atoms. The summed E-state index contributed by atoms with van der Waals surface area (Å²) in [5.41, 5.74) is 0.906. The third-order valence-electron chi connectivity index (χ3n) is 2.96. The van der Waals surface area contributed by atoms with Crippen molar-refractivity contribution in [3.05, 3.63) is 53.4 Å². The van der Waals surface area contributed by atoms with Crippen molar-refractivity contribution >= 4 is 17.7 Å². The monoisotopic (exact) mass is 313 g/mol. The topological polar surface area (TPSA) is 106 Å². The highest BCUT2D eigenvalue weighted by atomic mass is 16.5. The van der Waals surface area contributed by atoms with Gasteiger partial charge in [0.2, 0.25) is 5.95 Å². The highest BCUT2D eigenvalue weighted by Gasteiger charge is 2.13. The van der Waals surface area contributed by atoms with Gasteiger partial charge >= 0.3 is 0 Å². The van der Waals surface area contributed by atoms with Crippen LogP contribution in [0.3, 0.4) is 0 Å². The molecule has 0 aliphatic heterocycles. The summed E-state index contributed by atoms with van der Waals surface area (Å²) in [6.07, 6.45) is 1.59. The van der Waals surface area contributed by atoms with Crippen LogP contribution in [-0.2, 0) is 6.54 Å². The van der Waals surface area contributed by atoms with Crippen LogP contribution in [0.4, 0.5) is 11.8 Å². The molecule has 1 amide bonds. The molecule has 0 fully saturated rings. The molecule has 3 heterocycles. The van der Waals surface area contributed by atoms with Crippen LogP contribution in [-0.4, -0.2) is 21.0 Å². The maximum Gasteiger partial charge on any atom is 0.275 e. The summed E-state index contributed by atoms with van der Waals surface area (Å²) in [5.74, 6) is 1.67. The number of amides is 1. The van der Waals surface area contributed by atoms with Crippen LogP contribution >= 0.6 is 0 Å². The number of carbonyl (C=O) groups is 1. The number of aromatic nitrogens is 3. The highest BCUT2D eigenvalue weighted by Crippen LogP contribution is 2.11. The summed E-state index contributed by atoms with van der Waals surface area (Å²) in [6.45, 7) is 3.96. The Morgan fingerprint density at radius 2 is 2.13 bits per heavy atom. The molecule has 23 heavy (non-hydrogen) atoms. The first-order chi connectivity index (χ1) is 11.1. The van der Waals surface area contributed by atoms with E-state index in [0.29, 0.717) is 29.8 Å². The zero-order valence-corrected chi connectivity index (χ0v) is 12.7. The molecule has 118 valence electrons. The molecule has 0 saturated heterocycles. The second-order valence-electron chi connectivity index (χ2n) is 4.93. The Labute approximate surface area is 131 Å². The van der Waals surface area contributed by atoms with E-state index in [0.717, 1.165) is 5.76 Å². The fourth-order valence-corrected chi connectivity index (χ4v) is 1.95. The smallest absolute Gasteiger partial charge is 0.275 e. The van der Waals surface area contributed by atoms with Gasteiger partial charge in [-0.05, 0) is 32.0 Å². The van der Waals surface area contributed by atoms with E-state index in [1.807, 2.05) is 6.07 Å². The van der Waals surface area contributed by atoms with Crippen LogP contribution in [0.15, 0.2) is 39.5 Å². The van der Waals surface area contributed by atoms with Gasteiger partial charge in [0.15, 0.2) is 5.82 Å². The number of carbonyl (C=O) groups excluding carboxylic acids is 1. The Morgan fingerprint density at radius 1 is 1.26 bits per heavy atom. The maximum atomic E-state index is 12.2. The zero-order valence-electron chi connectivity index (χ0n) is 12.7. The lowest BCUT2D eigenvalue weighted by atomic mass is 10.3. The minimum absolute atomic E-state index is 0.236. The first-order valence-corrected chi connectivity index (χ1v) is 6.97.